The Hall–Kier alpha value is -2.06. The zero-order chi connectivity index (χ0) is 14.8. The molecule has 0 spiro atoms. The first-order valence-electron chi connectivity index (χ1n) is 5.74. The molecule has 7 nitrogen and oxygen atoms in total. The molecule has 8 heteroatoms. The highest BCUT2D eigenvalue weighted by atomic mass is 32.2. The van der Waals surface area contributed by atoms with Crippen LogP contribution in [0.2, 0.25) is 0 Å². The van der Waals surface area contributed by atoms with Gasteiger partial charge in [-0.05, 0) is 24.3 Å². The van der Waals surface area contributed by atoms with Crippen LogP contribution in [0.1, 0.15) is 16.3 Å². The lowest BCUT2D eigenvalue weighted by Crippen LogP contribution is -2.23. The molecule has 1 N–H and O–H groups in total. The second-order valence-electron chi connectivity index (χ2n) is 4.17. The minimum absolute atomic E-state index is 0.0722. The molecule has 20 heavy (non-hydrogen) atoms. The summed E-state index contributed by atoms with van der Waals surface area (Å²) >= 11 is 0. The van der Waals surface area contributed by atoms with Crippen molar-refractivity contribution in [3.05, 3.63) is 42.0 Å². The van der Waals surface area contributed by atoms with Gasteiger partial charge in [-0.25, -0.2) is 12.7 Å². The Kier molecular flexibility index (Phi) is 3.96. The molecule has 0 atom stereocenters. The predicted octanol–water partition coefficient (Wildman–Crippen LogP) is 1.05. The van der Waals surface area contributed by atoms with Gasteiger partial charge in [0, 0.05) is 14.1 Å². The SMILES string of the molecule is CN(C)S(=O)(=O)c1ccc(C(=O)NCc2ccco2)o1. The molecular formula is C12H14N2O5S. The quantitative estimate of drug-likeness (QED) is 0.890. The summed E-state index contributed by atoms with van der Waals surface area (Å²) < 4.78 is 34.7. The average molecular weight is 298 g/mol. The van der Waals surface area contributed by atoms with E-state index in [2.05, 4.69) is 5.32 Å². The molecule has 0 unspecified atom stereocenters. The van der Waals surface area contributed by atoms with E-state index < -0.39 is 15.9 Å². The van der Waals surface area contributed by atoms with Gasteiger partial charge in [-0.1, -0.05) is 0 Å². The summed E-state index contributed by atoms with van der Waals surface area (Å²) in [6, 6.07) is 5.98. The Morgan fingerprint density at radius 1 is 1.30 bits per heavy atom. The molecule has 0 fully saturated rings. The van der Waals surface area contributed by atoms with Gasteiger partial charge in [0.05, 0.1) is 12.8 Å². The van der Waals surface area contributed by atoms with E-state index in [1.54, 1.807) is 12.1 Å². The molecule has 108 valence electrons. The highest BCUT2D eigenvalue weighted by Gasteiger charge is 2.23. The molecule has 0 aliphatic rings. The van der Waals surface area contributed by atoms with Crippen LogP contribution in [0.15, 0.2) is 44.5 Å². The first-order chi connectivity index (χ1) is 9.41. The molecule has 0 saturated heterocycles. The zero-order valence-corrected chi connectivity index (χ0v) is 11.8. The number of carbonyl (C=O) groups excluding carboxylic acids is 1. The van der Waals surface area contributed by atoms with Crippen molar-refractivity contribution in [2.75, 3.05) is 14.1 Å². The van der Waals surface area contributed by atoms with Gasteiger partial charge in [0.2, 0.25) is 5.09 Å². The number of rotatable bonds is 5. The van der Waals surface area contributed by atoms with E-state index in [0.29, 0.717) is 5.76 Å². The molecule has 2 aromatic heterocycles. The number of hydrogen-bond donors (Lipinski definition) is 1. The molecule has 0 radical (unpaired) electrons. The highest BCUT2D eigenvalue weighted by Crippen LogP contribution is 2.16. The van der Waals surface area contributed by atoms with Crippen molar-refractivity contribution in [2.45, 2.75) is 11.6 Å². The van der Waals surface area contributed by atoms with Crippen molar-refractivity contribution in [3.8, 4) is 0 Å². The molecule has 0 saturated carbocycles. The van der Waals surface area contributed by atoms with Crippen molar-refractivity contribution in [1.29, 1.82) is 0 Å². The summed E-state index contributed by atoms with van der Waals surface area (Å²) in [6.07, 6.45) is 1.50. The van der Waals surface area contributed by atoms with Crippen LogP contribution in [-0.4, -0.2) is 32.7 Å². The smallest absolute Gasteiger partial charge is 0.287 e. The van der Waals surface area contributed by atoms with Crippen LogP contribution in [-0.2, 0) is 16.6 Å². The van der Waals surface area contributed by atoms with Crippen LogP contribution >= 0.6 is 0 Å². The Morgan fingerprint density at radius 3 is 2.65 bits per heavy atom. The number of nitrogens with one attached hydrogen (secondary N) is 1. The Morgan fingerprint density at radius 2 is 2.05 bits per heavy atom. The summed E-state index contributed by atoms with van der Waals surface area (Å²) in [5, 5.41) is 2.29. The number of furan rings is 2. The van der Waals surface area contributed by atoms with Gasteiger partial charge in [0.1, 0.15) is 5.76 Å². The van der Waals surface area contributed by atoms with Crippen LogP contribution in [0.4, 0.5) is 0 Å². The summed E-state index contributed by atoms with van der Waals surface area (Å²) in [4.78, 5) is 11.8. The number of amides is 1. The third kappa shape index (κ3) is 2.91. The Balaban J connectivity index is 2.07. The third-order valence-electron chi connectivity index (χ3n) is 2.54. The molecule has 1 amide bonds. The van der Waals surface area contributed by atoms with E-state index in [9.17, 15) is 13.2 Å². The fraction of sp³-hybridized carbons (Fsp3) is 0.250. The summed E-state index contributed by atoms with van der Waals surface area (Å²) in [5.41, 5.74) is 0. The Labute approximate surface area is 116 Å². The van der Waals surface area contributed by atoms with Gasteiger partial charge in [-0.15, -0.1) is 0 Å². The molecule has 2 heterocycles. The van der Waals surface area contributed by atoms with Crippen LogP contribution in [0.5, 0.6) is 0 Å². The van der Waals surface area contributed by atoms with Gasteiger partial charge in [-0.2, -0.15) is 0 Å². The maximum Gasteiger partial charge on any atom is 0.287 e. The first kappa shape index (κ1) is 14.4. The van der Waals surface area contributed by atoms with E-state index >= 15 is 0 Å². The third-order valence-corrected chi connectivity index (χ3v) is 4.23. The van der Waals surface area contributed by atoms with Gasteiger partial charge < -0.3 is 14.2 Å². The largest absolute Gasteiger partial charge is 0.467 e. The van der Waals surface area contributed by atoms with Crippen molar-refractivity contribution >= 4 is 15.9 Å². The average Bonchev–Trinajstić information content (AvgIpc) is 3.07. The summed E-state index contributed by atoms with van der Waals surface area (Å²) in [6.45, 7) is 0.197. The highest BCUT2D eigenvalue weighted by molar-refractivity contribution is 7.88. The second-order valence-corrected chi connectivity index (χ2v) is 6.25. The fourth-order valence-corrected chi connectivity index (χ4v) is 2.22. The minimum atomic E-state index is -3.68. The number of sulfonamides is 1. The van der Waals surface area contributed by atoms with E-state index in [0.717, 1.165) is 4.31 Å². The molecule has 2 rings (SSSR count). The summed E-state index contributed by atoms with van der Waals surface area (Å²) in [7, 11) is -0.913. The Bertz CT molecular complexity index is 685. The van der Waals surface area contributed by atoms with Crippen LogP contribution < -0.4 is 5.32 Å². The fourth-order valence-electron chi connectivity index (χ4n) is 1.43. The van der Waals surface area contributed by atoms with E-state index in [1.807, 2.05) is 0 Å². The zero-order valence-electron chi connectivity index (χ0n) is 11.0. The van der Waals surface area contributed by atoms with Gasteiger partial charge in [0.15, 0.2) is 5.76 Å². The van der Waals surface area contributed by atoms with Crippen molar-refractivity contribution in [3.63, 3.8) is 0 Å². The predicted molar refractivity (Wildman–Crippen MR) is 69.5 cm³/mol. The molecule has 0 bridgehead atoms. The van der Waals surface area contributed by atoms with Gasteiger partial charge >= 0.3 is 0 Å². The standard InChI is InChI=1S/C12H14N2O5S/c1-14(2)20(16,17)11-6-5-10(19-11)12(15)13-8-9-4-3-7-18-9/h3-7H,8H2,1-2H3,(H,13,15). The van der Waals surface area contributed by atoms with Gasteiger partial charge in [0.25, 0.3) is 15.9 Å². The maximum absolute atomic E-state index is 11.8. The lowest BCUT2D eigenvalue weighted by atomic mass is 10.4. The van der Waals surface area contributed by atoms with E-state index in [4.69, 9.17) is 8.83 Å². The van der Waals surface area contributed by atoms with Crippen LogP contribution in [0.25, 0.3) is 0 Å². The van der Waals surface area contributed by atoms with E-state index in [1.165, 1.54) is 32.5 Å². The lowest BCUT2D eigenvalue weighted by Gasteiger charge is -2.07. The van der Waals surface area contributed by atoms with Crippen LogP contribution in [0.3, 0.4) is 0 Å². The molecule has 0 aromatic carbocycles. The van der Waals surface area contributed by atoms with Crippen LogP contribution in [0, 0.1) is 0 Å². The van der Waals surface area contributed by atoms with Gasteiger partial charge in [-0.3, -0.25) is 4.79 Å². The van der Waals surface area contributed by atoms with Crippen molar-refractivity contribution in [1.82, 2.24) is 9.62 Å². The molecule has 0 aliphatic carbocycles. The molecule has 0 aliphatic heterocycles. The topological polar surface area (TPSA) is 92.8 Å². The minimum Gasteiger partial charge on any atom is -0.467 e. The van der Waals surface area contributed by atoms with Crippen molar-refractivity contribution < 1.29 is 22.0 Å². The number of carbonyl (C=O) groups is 1. The maximum atomic E-state index is 11.8. The summed E-state index contributed by atoms with van der Waals surface area (Å²) in [5.74, 6) is 0.00429. The number of nitrogens with zero attached hydrogens (tertiary/aromatic N) is 1. The number of hydrogen-bond acceptors (Lipinski definition) is 5. The monoisotopic (exact) mass is 298 g/mol. The molecule has 2 aromatic rings. The van der Waals surface area contributed by atoms with E-state index in [-0.39, 0.29) is 17.4 Å². The normalized spacial score (nSPS) is 11.8. The second kappa shape index (κ2) is 5.51. The molecular weight excluding hydrogens is 284 g/mol. The van der Waals surface area contributed by atoms with Crippen molar-refractivity contribution in [2.24, 2.45) is 0 Å². The first-order valence-corrected chi connectivity index (χ1v) is 7.18. The lowest BCUT2D eigenvalue weighted by molar-refractivity contribution is 0.0914.